The molecule has 3 aromatic carbocycles. The van der Waals surface area contributed by atoms with E-state index in [1.165, 1.54) is 31.4 Å². The second kappa shape index (κ2) is 9.97. The van der Waals surface area contributed by atoms with Gasteiger partial charge in [-0.1, -0.05) is 30.3 Å². The number of hydrogen-bond acceptors (Lipinski definition) is 7. The number of anilines is 2. The number of nitrogens with zero attached hydrogens (tertiary/aromatic N) is 1. The van der Waals surface area contributed by atoms with E-state index < -0.39 is 29.4 Å². The van der Waals surface area contributed by atoms with Gasteiger partial charge in [-0.3, -0.25) is 15.5 Å². The molecule has 10 nitrogen and oxygen atoms in total. The summed E-state index contributed by atoms with van der Waals surface area (Å²) < 4.78 is 4.61. The smallest absolute Gasteiger partial charge is 0.411 e. The van der Waals surface area contributed by atoms with Crippen molar-refractivity contribution in [1.29, 1.82) is 10.7 Å². The number of carboxylic acids is 1. The minimum absolute atomic E-state index is 0.0873. The van der Waals surface area contributed by atoms with Gasteiger partial charge in [0.2, 0.25) is 0 Å². The number of carboxylic acid groups (broad SMARTS) is 1. The van der Waals surface area contributed by atoms with Crippen LogP contribution in [0.3, 0.4) is 0 Å². The zero-order valence-electron chi connectivity index (χ0n) is 17.7. The number of hydrogen-bond donors (Lipinski definition) is 5. The van der Waals surface area contributed by atoms with Crippen LogP contribution in [0.5, 0.6) is 5.75 Å². The average Bonchev–Trinajstić information content (AvgIpc) is 2.84. The second-order valence-electron chi connectivity index (χ2n) is 6.90. The number of aromatic carboxylic acids is 1. The Balaban J connectivity index is 2.00. The highest BCUT2D eigenvalue weighted by atomic mass is 16.5. The van der Waals surface area contributed by atoms with Gasteiger partial charge in [0.1, 0.15) is 11.5 Å². The lowest BCUT2D eigenvalue weighted by atomic mass is 9.97. The van der Waals surface area contributed by atoms with Gasteiger partial charge in [-0.05, 0) is 29.8 Å². The molecule has 0 saturated carbocycles. The quantitative estimate of drug-likeness (QED) is 0.349. The minimum Gasteiger partial charge on any atom is -0.507 e. The first-order chi connectivity index (χ1) is 16.2. The number of nitriles is 1. The normalized spacial score (nSPS) is 10.0. The van der Waals surface area contributed by atoms with Gasteiger partial charge in [-0.2, -0.15) is 5.26 Å². The summed E-state index contributed by atoms with van der Waals surface area (Å²) in [5.74, 6) is -2.83. The first-order valence-corrected chi connectivity index (χ1v) is 9.70. The molecular weight excluding hydrogens is 440 g/mol. The lowest BCUT2D eigenvalue weighted by Gasteiger charge is -2.15. The lowest BCUT2D eigenvalue weighted by molar-refractivity contribution is -0.110. The Kier molecular flexibility index (Phi) is 6.89. The van der Waals surface area contributed by atoms with E-state index in [2.05, 4.69) is 15.4 Å². The molecule has 2 amide bonds. The zero-order valence-corrected chi connectivity index (χ0v) is 17.7. The third-order valence-electron chi connectivity index (χ3n) is 4.77. The van der Waals surface area contributed by atoms with E-state index in [1.807, 2.05) is 6.07 Å². The van der Waals surface area contributed by atoms with E-state index in [-0.39, 0.29) is 28.1 Å². The van der Waals surface area contributed by atoms with E-state index in [0.717, 1.165) is 6.07 Å². The number of rotatable bonds is 6. The van der Waals surface area contributed by atoms with E-state index in [9.17, 15) is 24.6 Å². The van der Waals surface area contributed by atoms with Crippen LogP contribution in [0.2, 0.25) is 0 Å². The minimum atomic E-state index is -1.37. The molecule has 0 spiro atoms. The SMILES string of the molecule is COC(=O)Nc1cc(O)c(C(=N)C(=O)Nc2ccc(C#N)cc2C(=O)O)cc1-c1ccccc1. The standard InChI is InChI=1S/C24H18N4O6/c1-34-24(33)28-19-11-20(29)17(10-15(19)14-5-3-2-4-6-14)21(26)22(30)27-18-8-7-13(12-25)9-16(18)23(31)32/h2-11,26,29H,1H3,(H,27,30)(H,28,33)(H,31,32). The maximum absolute atomic E-state index is 12.8. The molecule has 0 radical (unpaired) electrons. The molecule has 0 bridgehead atoms. The number of phenols is 1. The maximum atomic E-state index is 12.8. The summed E-state index contributed by atoms with van der Waals surface area (Å²) in [6.45, 7) is 0. The molecule has 0 aliphatic rings. The summed E-state index contributed by atoms with van der Waals surface area (Å²) in [6, 6.07) is 16.8. The van der Waals surface area contributed by atoms with Crippen LogP contribution in [-0.2, 0) is 9.53 Å². The summed E-state index contributed by atoms with van der Waals surface area (Å²) in [6.07, 6.45) is -0.779. The molecule has 0 saturated heterocycles. The number of benzene rings is 3. The Morgan fingerprint density at radius 1 is 0.971 bits per heavy atom. The summed E-state index contributed by atoms with van der Waals surface area (Å²) >= 11 is 0. The molecule has 0 aliphatic heterocycles. The van der Waals surface area contributed by atoms with Crippen molar-refractivity contribution in [3.8, 4) is 22.9 Å². The van der Waals surface area contributed by atoms with Crippen molar-refractivity contribution in [2.24, 2.45) is 0 Å². The Morgan fingerprint density at radius 3 is 2.29 bits per heavy atom. The third-order valence-corrected chi connectivity index (χ3v) is 4.77. The fraction of sp³-hybridized carbons (Fsp3) is 0.0417. The van der Waals surface area contributed by atoms with Crippen LogP contribution in [0.4, 0.5) is 16.2 Å². The molecule has 0 heterocycles. The molecule has 5 N–H and O–H groups in total. The molecule has 10 heteroatoms. The van der Waals surface area contributed by atoms with Crippen molar-refractivity contribution in [3.63, 3.8) is 0 Å². The van der Waals surface area contributed by atoms with E-state index in [4.69, 9.17) is 10.7 Å². The van der Waals surface area contributed by atoms with Crippen LogP contribution in [-0.4, -0.2) is 41.0 Å². The first kappa shape index (κ1) is 23.5. The number of ether oxygens (including phenoxy) is 1. The number of carbonyl (C=O) groups excluding carboxylic acids is 2. The number of phenolic OH excluding ortho intramolecular Hbond substituents is 1. The number of nitrogens with one attached hydrogen (secondary N) is 3. The van der Waals surface area contributed by atoms with Gasteiger partial charge in [0.15, 0.2) is 0 Å². The van der Waals surface area contributed by atoms with Crippen molar-refractivity contribution < 1.29 is 29.3 Å². The summed E-state index contributed by atoms with van der Waals surface area (Å²) in [4.78, 5) is 36.0. The van der Waals surface area contributed by atoms with Crippen LogP contribution in [0.15, 0.2) is 60.7 Å². The van der Waals surface area contributed by atoms with Crippen molar-refractivity contribution in [2.45, 2.75) is 0 Å². The fourth-order valence-corrected chi connectivity index (χ4v) is 3.12. The van der Waals surface area contributed by atoms with Crippen LogP contribution in [0.1, 0.15) is 21.5 Å². The molecule has 3 aromatic rings. The molecular formula is C24H18N4O6. The molecule has 0 aliphatic carbocycles. The lowest BCUT2D eigenvalue weighted by Crippen LogP contribution is -2.24. The largest absolute Gasteiger partial charge is 0.507 e. The van der Waals surface area contributed by atoms with Gasteiger partial charge < -0.3 is 20.3 Å². The molecule has 34 heavy (non-hydrogen) atoms. The van der Waals surface area contributed by atoms with E-state index in [0.29, 0.717) is 11.1 Å². The fourth-order valence-electron chi connectivity index (χ4n) is 3.12. The van der Waals surface area contributed by atoms with Crippen LogP contribution >= 0.6 is 0 Å². The number of carbonyl (C=O) groups is 3. The highest BCUT2D eigenvalue weighted by Crippen LogP contribution is 2.34. The molecule has 0 aromatic heterocycles. The van der Waals surface area contributed by atoms with Crippen LogP contribution < -0.4 is 10.6 Å². The number of methoxy groups -OCH3 is 1. The zero-order chi connectivity index (χ0) is 24.8. The predicted molar refractivity (Wildman–Crippen MR) is 123 cm³/mol. The Morgan fingerprint density at radius 2 is 1.68 bits per heavy atom. The number of aromatic hydroxyl groups is 1. The molecule has 0 atom stereocenters. The van der Waals surface area contributed by atoms with E-state index >= 15 is 0 Å². The van der Waals surface area contributed by atoms with Crippen LogP contribution in [0.25, 0.3) is 11.1 Å². The van der Waals surface area contributed by atoms with Gasteiger partial charge in [0, 0.05) is 17.2 Å². The van der Waals surface area contributed by atoms with Crippen molar-refractivity contribution in [1.82, 2.24) is 0 Å². The van der Waals surface area contributed by atoms with Crippen LogP contribution in [0, 0.1) is 16.7 Å². The average molecular weight is 458 g/mol. The van der Waals surface area contributed by atoms with Gasteiger partial charge in [-0.25, -0.2) is 9.59 Å². The number of amides is 2. The highest BCUT2D eigenvalue weighted by Gasteiger charge is 2.22. The van der Waals surface area contributed by atoms with Crippen molar-refractivity contribution in [2.75, 3.05) is 17.7 Å². The Bertz CT molecular complexity index is 1350. The predicted octanol–water partition coefficient (Wildman–Crippen LogP) is 3.81. The topological polar surface area (TPSA) is 173 Å². The van der Waals surface area contributed by atoms with Gasteiger partial charge >= 0.3 is 12.1 Å². The highest BCUT2D eigenvalue weighted by molar-refractivity contribution is 6.48. The summed E-state index contributed by atoms with van der Waals surface area (Å²) in [5, 5.41) is 42.0. The summed E-state index contributed by atoms with van der Waals surface area (Å²) in [7, 11) is 1.18. The second-order valence-corrected chi connectivity index (χ2v) is 6.90. The molecule has 0 fully saturated rings. The van der Waals surface area contributed by atoms with Gasteiger partial charge in [-0.15, -0.1) is 0 Å². The van der Waals surface area contributed by atoms with E-state index in [1.54, 1.807) is 30.3 Å². The molecule has 170 valence electrons. The van der Waals surface area contributed by atoms with Gasteiger partial charge in [0.05, 0.1) is 35.7 Å². The third kappa shape index (κ3) is 5.00. The maximum Gasteiger partial charge on any atom is 0.411 e. The Hall–Kier alpha value is -5.17. The van der Waals surface area contributed by atoms with Crippen molar-refractivity contribution >= 4 is 35.1 Å². The molecule has 3 rings (SSSR count). The molecule has 0 unspecified atom stereocenters. The van der Waals surface area contributed by atoms with Gasteiger partial charge in [0.25, 0.3) is 5.91 Å². The van der Waals surface area contributed by atoms with Crippen molar-refractivity contribution in [3.05, 3.63) is 77.4 Å². The first-order valence-electron chi connectivity index (χ1n) is 9.70. The Labute approximate surface area is 193 Å². The monoisotopic (exact) mass is 458 g/mol. The summed E-state index contributed by atoms with van der Waals surface area (Å²) in [5.41, 5.74) is 0.0546.